The van der Waals surface area contributed by atoms with Crippen LogP contribution in [0, 0.1) is 17.8 Å². The summed E-state index contributed by atoms with van der Waals surface area (Å²) in [6, 6.07) is -5.84. The molecule has 1 aromatic heterocycles. The van der Waals surface area contributed by atoms with E-state index >= 15 is 0 Å². The van der Waals surface area contributed by atoms with E-state index in [1.807, 2.05) is 0 Å². The first kappa shape index (κ1) is 61.5. The number of aromatic amines is 1. The molecule has 15 N–H and O–H groups in total. The normalized spacial score (nSPS) is 14.5. The summed E-state index contributed by atoms with van der Waals surface area (Å²) in [7, 11) is 0. The molecule has 0 bridgehead atoms. The van der Waals surface area contributed by atoms with Gasteiger partial charge in [-0.05, 0) is 68.1 Å². The smallest absolute Gasteiger partial charge is 0.326 e. The molecule has 8 amide bonds. The van der Waals surface area contributed by atoms with Crippen LogP contribution in [0.2, 0.25) is 0 Å². The van der Waals surface area contributed by atoms with Crippen LogP contribution in [0.25, 0.3) is 0 Å². The molecule has 0 aliphatic carbocycles. The molecule has 0 spiro atoms. The Morgan fingerprint density at radius 3 is 1.48 bits per heavy atom. The maximum atomic E-state index is 14.1. The number of carbonyl (C=O) groups is 11. The minimum atomic E-state index is -1.64. The highest BCUT2D eigenvalue weighted by Crippen LogP contribution is 2.14. The van der Waals surface area contributed by atoms with Crippen molar-refractivity contribution >= 4 is 65.2 Å². The second-order valence-electron chi connectivity index (χ2n) is 18.7. The first-order chi connectivity index (χ1) is 34.2. The standard InChI is InChI=1S/C47H71N11O15/c1-23(2)16-32(43(68)57-35(47(72)73)17-24(3)4)55-41(66)30(12-14-37(61)62)53-40(65)26(7)51-46(71)39(25(5)6)58-42(67)31(13-15-38(63)64)54-44(69)33(18-27-8-10-29(59)11-9-27)56-45(70)34(52-36(60)20-48)19-28-21-49-22-50-28/h8-11,21-26,30-35,39,59H,12-20,48H2,1-7H3,(H,49,50)(H,51,71)(H,52,60)(H,53,65)(H,54,69)(H,55,66)(H,56,70)(H,57,68)(H,58,67)(H,61,62)(H,63,64)(H,72,73)/t26-,30-,31-,32-,33-,34-,35-,39-/m0/s1. The van der Waals surface area contributed by atoms with Crippen molar-refractivity contribution in [3.63, 3.8) is 0 Å². The quantitative estimate of drug-likeness (QED) is 0.0389. The van der Waals surface area contributed by atoms with Gasteiger partial charge in [-0.1, -0.05) is 53.7 Å². The number of carboxylic acids is 3. The fraction of sp³-hybridized carbons (Fsp3) is 0.574. The molecular weight excluding hydrogens is 959 g/mol. The van der Waals surface area contributed by atoms with E-state index < -0.39 is 152 Å². The third-order valence-corrected chi connectivity index (χ3v) is 11.0. The molecule has 8 atom stereocenters. The van der Waals surface area contributed by atoms with Crippen molar-refractivity contribution in [3.8, 4) is 5.75 Å². The minimum Gasteiger partial charge on any atom is -0.508 e. The Hall–Kier alpha value is -7.64. The largest absolute Gasteiger partial charge is 0.508 e. The van der Waals surface area contributed by atoms with Crippen molar-refractivity contribution in [3.05, 3.63) is 48.0 Å². The van der Waals surface area contributed by atoms with Gasteiger partial charge in [0.25, 0.3) is 0 Å². The van der Waals surface area contributed by atoms with Crippen LogP contribution in [0.4, 0.5) is 0 Å². The van der Waals surface area contributed by atoms with E-state index in [9.17, 15) is 73.2 Å². The van der Waals surface area contributed by atoms with Crippen molar-refractivity contribution in [2.75, 3.05) is 6.54 Å². The second-order valence-corrected chi connectivity index (χ2v) is 18.7. The van der Waals surface area contributed by atoms with Gasteiger partial charge in [0.2, 0.25) is 47.3 Å². The molecular formula is C47H71N11O15. The van der Waals surface area contributed by atoms with Gasteiger partial charge in [-0.3, -0.25) is 47.9 Å². The number of phenols is 1. The summed E-state index contributed by atoms with van der Waals surface area (Å²) in [6.45, 7) is 10.8. The molecule has 1 aromatic carbocycles. The van der Waals surface area contributed by atoms with Gasteiger partial charge >= 0.3 is 17.9 Å². The van der Waals surface area contributed by atoms with Crippen LogP contribution in [0.3, 0.4) is 0 Å². The van der Waals surface area contributed by atoms with Crippen LogP contribution in [-0.2, 0) is 65.6 Å². The Bertz CT molecular complexity index is 2220. The number of hydrogen-bond donors (Lipinski definition) is 14. The SMILES string of the molecule is CC(C)C[C@H](NC(=O)[C@H](CC(C)C)NC(=O)[C@H](CCC(=O)O)NC(=O)[C@H](C)NC(=O)[C@@H](NC(=O)[C@H](CCC(=O)O)NC(=O)[C@H](Cc1ccc(O)cc1)NC(=O)[C@H](Cc1cnc[nH]1)NC(=O)CN)C(C)C)C(=O)O. The molecule has 0 saturated heterocycles. The van der Waals surface area contributed by atoms with Gasteiger partial charge in [0.15, 0.2) is 0 Å². The summed E-state index contributed by atoms with van der Waals surface area (Å²) in [6.07, 6.45) is 0.321. The lowest BCUT2D eigenvalue weighted by Crippen LogP contribution is -2.61. The third-order valence-electron chi connectivity index (χ3n) is 11.0. The average molecular weight is 1030 g/mol. The van der Waals surface area contributed by atoms with Crippen LogP contribution in [0.15, 0.2) is 36.8 Å². The molecule has 404 valence electrons. The molecule has 26 heteroatoms. The predicted octanol–water partition coefficient (Wildman–Crippen LogP) is -1.68. The molecule has 0 fully saturated rings. The molecule has 0 aliphatic heterocycles. The first-order valence-corrected chi connectivity index (χ1v) is 23.7. The molecule has 2 aromatic rings. The third kappa shape index (κ3) is 22.5. The monoisotopic (exact) mass is 1030 g/mol. The van der Waals surface area contributed by atoms with Gasteiger partial charge in [0, 0.05) is 37.6 Å². The maximum Gasteiger partial charge on any atom is 0.326 e. The summed E-state index contributed by atoms with van der Waals surface area (Å²) in [5.74, 6) is -12.4. The van der Waals surface area contributed by atoms with Crippen molar-refractivity contribution in [2.24, 2.45) is 23.5 Å². The lowest BCUT2D eigenvalue weighted by atomic mass is 10.00. The Balaban J connectivity index is 2.35. The molecule has 26 nitrogen and oxygen atoms in total. The lowest BCUT2D eigenvalue weighted by Gasteiger charge is -2.28. The number of aromatic hydroxyl groups is 1. The summed E-state index contributed by atoms with van der Waals surface area (Å²) in [4.78, 5) is 150. The number of nitrogens with two attached hydrogens (primary N) is 1. The zero-order chi connectivity index (χ0) is 55.1. The highest BCUT2D eigenvalue weighted by Gasteiger charge is 2.35. The number of benzene rings is 1. The number of imidazole rings is 1. The minimum absolute atomic E-state index is 0.0436. The first-order valence-electron chi connectivity index (χ1n) is 23.7. The molecule has 0 aliphatic rings. The van der Waals surface area contributed by atoms with Crippen LogP contribution in [0.1, 0.15) is 98.2 Å². The van der Waals surface area contributed by atoms with E-state index in [-0.39, 0.29) is 43.3 Å². The van der Waals surface area contributed by atoms with Crippen molar-refractivity contribution in [1.82, 2.24) is 52.5 Å². The fourth-order valence-corrected chi connectivity index (χ4v) is 7.17. The van der Waals surface area contributed by atoms with Gasteiger partial charge < -0.3 is 73.7 Å². The highest BCUT2D eigenvalue weighted by atomic mass is 16.4. The number of amides is 8. The van der Waals surface area contributed by atoms with E-state index in [2.05, 4.69) is 52.5 Å². The van der Waals surface area contributed by atoms with Crippen molar-refractivity contribution in [2.45, 2.75) is 148 Å². The number of nitrogens with zero attached hydrogens (tertiary/aromatic N) is 1. The van der Waals surface area contributed by atoms with E-state index in [1.54, 1.807) is 27.7 Å². The number of H-pyrrole nitrogens is 1. The lowest BCUT2D eigenvalue weighted by molar-refractivity contribution is -0.143. The van der Waals surface area contributed by atoms with Crippen LogP contribution in [-0.4, -0.2) is 150 Å². The zero-order valence-corrected chi connectivity index (χ0v) is 42.0. The number of aromatic nitrogens is 2. The van der Waals surface area contributed by atoms with Crippen LogP contribution < -0.4 is 48.3 Å². The van der Waals surface area contributed by atoms with Crippen molar-refractivity contribution in [1.29, 1.82) is 0 Å². The number of carbonyl (C=O) groups excluding carboxylic acids is 8. The van der Waals surface area contributed by atoms with Gasteiger partial charge in [-0.25, -0.2) is 9.78 Å². The van der Waals surface area contributed by atoms with Gasteiger partial charge in [0.1, 0.15) is 54.1 Å². The van der Waals surface area contributed by atoms with Crippen molar-refractivity contribution < 1.29 is 73.2 Å². The summed E-state index contributed by atoms with van der Waals surface area (Å²) in [5, 5.41) is 58.3. The average Bonchev–Trinajstić information content (AvgIpc) is 3.82. The van der Waals surface area contributed by atoms with Gasteiger partial charge in [-0.2, -0.15) is 0 Å². The van der Waals surface area contributed by atoms with Crippen LogP contribution in [0.5, 0.6) is 5.75 Å². The van der Waals surface area contributed by atoms with E-state index in [0.717, 1.165) is 0 Å². The molecule has 0 unspecified atom stereocenters. The molecule has 0 radical (unpaired) electrons. The number of aliphatic carboxylic acids is 3. The molecule has 0 saturated carbocycles. The van der Waals surface area contributed by atoms with Gasteiger partial charge in [0.05, 0.1) is 12.9 Å². The number of phenolic OH excluding ortho intramolecular Hbond substituents is 1. The Morgan fingerprint density at radius 2 is 1.00 bits per heavy atom. The maximum absolute atomic E-state index is 14.1. The zero-order valence-electron chi connectivity index (χ0n) is 42.0. The number of rotatable bonds is 32. The molecule has 73 heavy (non-hydrogen) atoms. The second kappa shape index (κ2) is 30.3. The number of hydrogen-bond acceptors (Lipinski definition) is 14. The number of nitrogens with one attached hydrogen (secondary N) is 9. The summed E-state index contributed by atoms with van der Waals surface area (Å²) < 4.78 is 0. The fourth-order valence-electron chi connectivity index (χ4n) is 7.17. The molecule has 2 rings (SSSR count). The highest BCUT2D eigenvalue weighted by molar-refractivity contribution is 5.98. The Labute approximate surface area is 421 Å². The molecule has 1 heterocycles. The Morgan fingerprint density at radius 1 is 0.548 bits per heavy atom. The van der Waals surface area contributed by atoms with E-state index in [0.29, 0.717) is 11.3 Å². The number of carboxylic acid groups (broad SMARTS) is 3. The topological polar surface area (TPSA) is 420 Å². The van der Waals surface area contributed by atoms with E-state index in [4.69, 9.17) is 5.73 Å². The van der Waals surface area contributed by atoms with E-state index in [1.165, 1.54) is 57.6 Å². The van der Waals surface area contributed by atoms with Crippen LogP contribution >= 0.6 is 0 Å². The van der Waals surface area contributed by atoms with Gasteiger partial charge in [-0.15, -0.1) is 0 Å². The summed E-state index contributed by atoms with van der Waals surface area (Å²) >= 11 is 0. The summed E-state index contributed by atoms with van der Waals surface area (Å²) in [5.41, 5.74) is 6.34. The Kier molecular flexibility index (Phi) is 25.5. The predicted molar refractivity (Wildman–Crippen MR) is 259 cm³/mol.